The van der Waals surface area contributed by atoms with Gasteiger partial charge in [0.05, 0.1) is 5.75 Å². The predicted molar refractivity (Wildman–Crippen MR) is 80.7 cm³/mol. The zero-order valence-corrected chi connectivity index (χ0v) is 13.7. The Labute approximate surface area is 119 Å². The zero-order valence-electron chi connectivity index (χ0n) is 12.9. The Morgan fingerprint density at radius 1 is 1.21 bits per heavy atom. The number of nitrogens with one attached hydrogen (secondary N) is 1. The average molecular weight is 290 g/mol. The van der Waals surface area contributed by atoms with Crippen LogP contribution < -0.4 is 5.32 Å². The lowest BCUT2D eigenvalue weighted by atomic mass is 9.85. The van der Waals surface area contributed by atoms with Gasteiger partial charge in [0.15, 0.2) is 0 Å². The Kier molecular flexibility index (Phi) is 6.27. The van der Waals surface area contributed by atoms with Gasteiger partial charge in [-0.2, -0.15) is 0 Å². The Morgan fingerprint density at radius 2 is 1.89 bits per heavy atom. The van der Waals surface area contributed by atoms with Crippen LogP contribution in [-0.4, -0.2) is 44.2 Å². The molecule has 1 saturated heterocycles. The average Bonchev–Trinajstić information content (AvgIpc) is 2.46. The monoisotopic (exact) mass is 290 g/mol. The van der Waals surface area contributed by atoms with Crippen LogP contribution >= 0.6 is 0 Å². The van der Waals surface area contributed by atoms with E-state index < -0.39 is 10.0 Å². The fraction of sp³-hybridized carbons (Fsp3) is 1.00. The van der Waals surface area contributed by atoms with Gasteiger partial charge in [-0.1, -0.05) is 27.7 Å². The largest absolute Gasteiger partial charge is 0.314 e. The summed E-state index contributed by atoms with van der Waals surface area (Å²) >= 11 is 0. The molecule has 5 heteroatoms. The van der Waals surface area contributed by atoms with Gasteiger partial charge in [-0.3, -0.25) is 0 Å². The molecule has 19 heavy (non-hydrogen) atoms. The second-order valence-electron chi connectivity index (χ2n) is 6.70. The van der Waals surface area contributed by atoms with Gasteiger partial charge >= 0.3 is 0 Å². The molecule has 0 saturated carbocycles. The summed E-state index contributed by atoms with van der Waals surface area (Å²) in [6, 6.07) is 0.418. The molecule has 0 radical (unpaired) electrons. The molecule has 0 aliphatic carbocycles. The molecule has 4 nitrogen and oxygen atoms in total. The Balaban J connectivity index is 2.44. The van der Waals surface area contributed by atoms with Gasteiger partial charge < -0.3 is 5.32 Å². The van der Waals surface area contributed by atoms with Crippen molar-refractivity contribution >= 4 is 10.0 Å². The standard InChI is InChI=1S/C14H30N2O2S/c1-13(2)15-9-6-12-19(17,18)16-10-5-7-14(3,4)8-11-16/h13,15H,5-12H2,1-4H3. The highest BCUT2D eigenvalue weighted by Gasteiger charge is 2.28. The van der Waals surface area contributed by atoms with E-state index in [0.717, 1.165) is 25.8 Å². The molecule has 0 spiro atoms. The van der Waals surface area contributed by atoms with Crippen LogP contribution in [-0.2, 0) is 10.0 Å². The maximum atomic E-state index is 12.3. The number of rotatable bonds is 6. The third kappa shape index (κ3) is 6.23. The highest BCUT2D eigenvalue weighted by molar-refractivity contribution is 7.89. The summed E-state index contributed by atoms with van der Waals surface area (Å²) < 4.78 is 26.3. The molecule has 0 bridgehead atoms. The normalized spacial score (nSPS) is 21.5. The van der Waals surface area contributed by atoms with Crippen LogP contribution in [0.4, 0.5) is 0 Å². The lowest BCUT2D eigenvalue weighted by molar-refractivity contribution is 0.314. The lowest BCUT2D eigenvalue weighted by Gasteiger charge is -2.23. The van der Waals surface area contributed by atoms with Crippen LogP contribution in [0.15, 0.2) is 0 Å². The van der Waals surface area contributed by atoms with Crippen molar-refractivity contribution in [3.05, 3.63) is 0 Å². The molecule has 1 aliphatic rings. The lowest BCUT2D eigenvalue weighted by Crippen LogP contribution is -2.35. The molecule has 1 aliphatic heterocycles. The fourth-order valence-corrected chi connectivity index (χ4v) is 3.99. The second kappa shape index (κ2) is 7.04. The number of hydrogen-bond acceptors (Lipinski definition) is 3. The van der Waals surface area contributed by atoms with Crippen molar-refractivity contribution in [1.82, 2.24) is 9.62 Å². The minimum atomic E-state index is -3.06. The minimum absolute atomic E-state index is 0.271. The van der Waals surface area contributed by atoms with Gasteiger partial charge in [0.25, 0.3) is 0 Å². The molecule has 1 N–H and O–H groups in total. The zero-order chi connectivity index (χ0) is 14.5. The molecule has 1 heterocycles. The van der Waals surface area contributed by atoms with Crippen LogP contribution in [0.3, 0.4) is 0 Å². The van der Waals surface area contributed by atoms with Gasteiger partial charge in [0, 0.05) is 19.1 Å². The van der Waals surface area contributed by atoms with E-state index in [2.05, 4.69) is 33.0 Å². The summed E-state index contributed by atoms with van der Waals surface area (Å²) in [7, 11) is -3.06. The summed E-state index contributed by atoms with van der Waals surface area (Å²) in [6.07, 6.45) is 3.77. The molecule has 0 amide bonds. The highest BCUT2D eigenvalue weighted by atomic mass is 32.2. The second-order valence-corrected chi connectivity index (χ2v) is 8.78. The van der Waals surface area contributed by atoms with Crippen molar-refractivity contribution in [2.45, 2.75) is 59.4 Å². The van der Waals surface area contributed by atoms with Gasteiger partial charge in [-0.05, 0) is 37.6 Å². The van der Waals surface area contributed by atoms with Gasteiger partial charge in [-0.25, -0.2) is 12.7 Å². The molecule has 0 aromatic carbocycles. The molecular formula is C14H30N2O2S. The first-order chi connectivity index (χ1) is 8.73. The van der Waals surface area contributed by atoms with Crippen molar-refractivity contribution in [3.8, 4) is 0 Å². The molecular weight excluding hydrogens is 260 g/mol. The third-order valence-electron chi connectivity index (χ3n) is 3.82. The first-order valence-corrected chi connectivity index (χ1v) is 9.05. The molecule has 1 fully saturated rings. The van der Waals surface area contributed by atoms with Crippen molar-refractivity contribution in [3.63, 3.8) is 0 Å². The first-order valence-electron chi connectivity index (χ1n) is 7.44. The summed E-state index contributed by atoms with van der Waals surface area (Å²) in [6.45, 7) is 10.8. The van der Waals surface area contributed by atoms with E-state index in [9.17, 15) is 8.42 Å². The fourth-order valence-electron chi connectivity index (χ4n) is 2.45. The summed E-state index contributed by atoms with van der Waals surface area (Å²) in [5.74, 6) is 0.271. The van der Waals surface area contributed by atoms with E-state index in [4.69, 9.17) is 0 Å². The summed E-state index contributed by atoms with van der Waals surface area (Å²) in [5, 5.41) is 3.26. The van der Waals surface area contributed by atoms with E-state index in [-0.39, 0.29) is 11.2 Å². The van der Waals surface area contributed by atoms with Gasteiger partial charge in [0.2, 0.25) is 10.0 Å². The van der Waals surface area contributed by atoms with Gasteiger partial charge in [-0.15, -0.1) is 0 Å². The Hall–Kier alpha value is -0.130. The number of nitrogens with zero attached hydrogens (tertiary/aromatic N) is 1. The minimum Gasteiger partial charge on any atom is -0.314 e. The number of hydrogen-bond donors (Lipinski definition) is 1. The van der Waals surface area contributed by atoms with Crippen LogP contribution in [0, 0.1) is 5.41 Å². The van der Waals surface area contributed by atoms with Crippen molar-refractivity contribution in [2.75, 3.05) is 25.4 Å². The smallest absolute Gasteiger partial charge is 0.214 e. The van der Waals surface area contributed by atoms with Crippen LogP contribution in [0.2, 0.25) is 0 Å². The summed E-state index contributed by atoms with van der Waals surface area (Å²) in [5.41, 5.74) is 0.281. The van der Waals surface area contributed by atoms with Crippen LogP contribution in [0.25, 0.3) is 0 Å². The first kappa shape index (κ1) is 16.9. The van der Waals surface area contributed by atoms with E-state index in [0.29, 0.717) is 25.6 Å². The maximum absolute atomic E-state index is 12.3. The quantitative estimate of drug-likeness (QED) is 0.763. The topological polar surface area (TPSA) is 49.4 Å². The van der Waals surface area contributed by atoms with E-state index in [1.54, 1.807) is 4.31 Å². The highest BCUT2D eigenvalue weighted by Crippen LogP contribution is 2.30. The van der Waals surface area contributed by atoms with Crippen molar-refractivity contribution < 1.29 is 8.42 Å². The number of sulfonamides is 1. The van der Waals surface area contributed by atoms with Crippen molar-refractivity contribution in [2.24, 2.45) is 5.41 Å². The molecule has 114 valence electrons. The Morgan fingerprint density at radius 3 is 2.53 bits per heavy atom. The van der Waals surface area contributed by atoms with Gasteiger partial charge in [0.1, 0.15) is 0 Å². The predicted octanol–water partition coefficient (Wildman–Crippen LogP) is 2.22. The molecule has 0 aromatic rings. The van der Waals surface area contributed by atoms with Crippen molar-refractivity contribution in [1.29, 1.82) is 0 Å². The molecule has 0 atom stereocenters. The van der Waals surface area contributed by atoms with E-state index >= 15 is 0 Å². The molecule has 1 rings (SSSR count). The Bertz CT molecular complexity index is 364. The van der Waals surface area contributed by atoms with E-state index in [1.807, 2.05) is 0 Å². The maximum Gasteiger partial charge on any atom is 0.214 e. The third-order valence-corrected chi connectivity index (χ3v) is 5.78. The van der Waals surface area contributed by atoms with E-state index in [1.165, 1.54) is 0 Å². The molecule has 0 unspecified atom stereocenters. The molecule has 0 aromatic heterocycles. The van der Waals surface area contributed by atoms with Crippen LogP contribution in [0.1, 0.15) is 53.4 Å². The van der Waals surface area contributed by atoms with Crippen LogP contribution in [0.5, 0.6) is 0 Å². The summed E-state index contributed by atoms with van der Waals surface area (Å²) in [4.78, 5) is 0. The SMILES string of the molecule is CC(C)NCCCS(=O)(=O)N1CCCC(C)(C)CC1.